The molecule has 0 saturated carbocycles. The van der Waals surface area contributed by atoms with Gasteiger partial charge in [-0.15, -0.1) is 0 Å². The number of benzene rings is 3. The molecule has 0 bridgehead atoms. The van der Waals surface area contributed by atoms with Crippen LogP contribution in [0.4, 0.5) is 13.6 Å². The maximum Gasteiger partial charge on any atom is 0.411 e. The summed E-state index contributed by atoms with van der Waals surface area (Å²) in [6.07, 6.45) is 1.20. The number of amides is 2. The first-order chi connectivity index (χ1) is 18.1. The van der Waals surface area contributed by atoms with E-state index in [0.717, 1.165) is 22.3 Å². The smallest absolute Gasteiger partial charge is 0.411 e. The van der Waals surface area contributed by atoms with Crippen LogP contribution in [0.1, 0.15) is 61.8 Å². The fourth-order valence-electron chi connectivity index (χ4n) is 4.82. The van der Waals surface area contributed by atoms with Crippen molar-refractivity contribution in [2.24, 2.45) is 0 Å². The molecule has 0 aromatic heterocycles. The summed E-state index contributed by atoms with van der Waals surface area (Å²) in [5.74, 6) is -0.941. The van der Waals surface area contributed by atoms with E-state index in [-0.39, 0.29) is 23.5 Å². The van der Waals surface area contributed by atoms with Crippen LogP contribution < -0.4 is 5.32 Å². The van der Waals surface area contributed by atoms with Crippen LogP contribution in [0.3, 0.4) is 0 Å². The second-order valence-electron chi connectivity index (χ2n) is 10.7. The molecule has 0 saturated heterocycles. The fraction of sp³-hybridized carbons (Fsp3) is 0.355. The van der Waals surface area contributed by atoms with Gasteiger partial charge in [-0.3, -0.25) is 9.69 Å². The van der Waals surface area contributed by atoms with E-state index in [0.29, 0.717) is 32.4 Å². The number of nitrogens with one attached hydrogen (secondary N) is 1. The highest BCUT2D eigenvalue weighted by Gasteiger charge is 2.36. The summed E-state index contributed by atoms with van der Waals surface area (Å²) in [6.45, 7) is 6.11. The molecule has 0 aliphatic carbocycles. The molecule has 1 N–H and O–H groups in total. The molecule has 1 aliphatic heterocycles. The van der Waals surface area contributed by atoms with E-state index in [2.05, 4.69) is 5.32 Å². The van der Waals surface area contributed by atoms with Gasteiger partial charge in [0, 0.05) is 18.9 Å². The fourth-order valence-corrected chi connectivity index (χ4v) is 4.82. The van der Waals surface area contributed by atoms with Crippen LogP contribution in [0.25, 0.3) is 0 Å². The molecule has 0 unspecified atom stereocenters. The number of hydrogen-bond donors (Lipinski definition) is 1. The number of rotatable bonds is 7. The van der Waals surface area contributed by atoms with Crippen LogP contribution in [-0.4, -0.2) is 35.1 Å². The Morgan fingerprint density at radius 3 is 2.03 bits per heavy atom. The Morgan fingerprint density at radius 2 is 1.47 bits per heavy atom. The lowest BCUT2D eigenvalue weighted by Crippen LogP contribution is -2.53. The van der Waals surface area contributed by atoms with E-state index in [1.54, 1.807) is 45.0 Å². The largest absolute Gasteiger partial charge is 0.444 e. The highest BCUT2D eigenvalue weighted by Crippen LogP contribution is 2.30. The zero-order valence-corrected chi connectivity index (χ0v) is 22.0. The summed E-state index contributed by atoms with van der Waals surface area (Å²) in [5, 5.41) is 3.00. The molecule has 0 radical (unpaired) electrons. The molecule has 0 spiro atoms. The van der Waals surface area contributed by atoms with Crippen LogP contribution in [-0.2, 0) is 22.5 Å². The quantitative estimate of drug-likeness (QED) is 0.369. The number of carbonyl (C=O) groups is 2. The molecule has 4 rings (SSSR count). The summed E-state index contributed by atoms with van der Waals surface area (Å²) in [4.78, 5) is 27.8. The van der Waals surface area contributed by atoms with E-state index in [4.69, 9.17) is 4.74 Å². The van der Waals surface area contributed by atoms with E-state index in [9.17, 15) is 18.4 Å². The molecule has 1 atom stereocenters. The molecule has 2 amide bonds. The summed E-state index contributed by atoms with van der Waals surface area (Å²) in [6, 6.07) is 19.7. The van der Waals surface area contributed by atoms with Gasteiger partial charge in [-0.2, -0.15) is 0 Å². The molecule has 1 aliphatic rings. The van der Waals surface area contributed by atoms with Crippen molar-refractivity contribution < 1.29 is 23.1 Å². The second kappa shape index (κ2) is 11.8. The standard InChI is InChI=1S/C31H34F2N2O3/c1-31(2,3)38-30(37)35-20-24-8-5-4-7-23(24)19-28(35)29(36)34-18-6-9-27(21-10-14-25(32)15-11-21)22-12-16-26(33)17-13-22/h4-5,7-8,10-17,27-28H,6,9,18-20H2,1-3H3,(H,34,36)/t28-/m0/s1. The maximum absolute atomic E-state index is 13.5. The van der Waals surface area contributed by atoms with Gasteiger partial charge in [-0.05, 0) is 80.1 Å². The number of nitrogens with zero attached hydrogens (tertiary/aromatic N) is 1. The van der Waals surface area contributed by atoms with Gasteiger partial charge in [0.05, 0.1) is 6.54 Å². The van der Waals surface area contributed by atoms with Gasteiger partial charge in [0.1, 0.15) is 23.3 Å². The molecular weight excluding hydrogens is 486 g/mol. The summed E-state index contributed by atoms with van der Waals surface area (Å²) >= 11 is 0. The lowest BCUT2D eigenvalue weighted by atomic mass is 9.87. The van der Waals surface area contributed by atoms with E-state index in [1.807, 2.05) is 24.3 Å². The molecule has 3 aromatic rings. The maximum atomic E-state index is 13.5. The van der Waals surface area contributed by atoms with Crippen LogP contribution in [0.5, 0.6) is 0 Å². The van der Waals surface area contributed by atoms with Gasteiger partial charge in [0.15, 0.2) is 0 Å². The average Bonchev–Trinajstić information content (AvgIpc) is 2.88. The Bertz CT molecular complexity index is 1210. The van der Waals surface area contributed by atoms with E-state index >= 15 is 0 Å². The minimum Gasteiger partial charge on any atom is -0.444 e. The Morgan fingerprint density at radius 1 is 0.921 bits per heavy atom. The Kier molecular flexibility index (Phi) is 8.45. The first-order valence-corrected chi connectivity index (χ1v) is 13.0. The van der Waals surface area contributed by atoms with Crippen LogP contribution in [0.15, 0.2) is 72.8 Å². The van der Waals surface area contributed by atoms with Crippen molar-refractivity contribution in [2.75, 3.05) is 6.54 Å². The third-order valence-electron chi connectivity index (χ3n) is 6.69. The Balaban J connectivity index is 1.43. The van der Waals surface area contributed by atoms with E-state index in [1.165, 1.54) is 29.2 Å². The van der Waals surface area contributed by atoms with Gasteiger partial charge in [0.25, 0.3) is 0 Å². The summed E-state index contributed by atoms with van der Waals surface area (Å²) < 4.78 is 32.6. The first kappa shape index (κ1) is 27.3. The highest BCUT2D eigenvalue weighted by atomic mass is 19.1. The van der Waals surface area contributed by atoms with Crippen LogP contribution in [0, 0.1) is 11.6 Å². The van der Waals surface area contributed by atoms with Crippen molar-refractivity contribution in [2.45, 2.75) is 64.1 Å². The van der Waals surface area contributed by atoms with Crippen LogP contribution >= 0.6 is 0 Å². The topological polar surface area (TPSA) is 58.6 Å². The minimum atomic E-state index is -0.676. The lowest BCUT2D eigenvalue weighted by molar-refractivity contribution is -0.127. The van der Waals surface area contributed by atoms with Gasteiger partial charge in [-0.25, -0.2) is 13.6 Å². The number of halogens is 2. The monoisotopic (exact) mass is 520 g/mol. The summed E-state index contributed by atoms with van der Waals surface area (Å²) in [5.41, 5.74) is 3.21. The molecule has 38 heavy (non-hydrogen) atoms. The van der Waals surface area contributed by atoms with Crippen molar-refractivity contribution in [1.82, 2.24) is 10.2 Å². The molecule has 7 heteroatoms. The SMILES string of the molecule is CC(C)(C)OC(=O)N1Cc2ccccc2C[C@H]1C(=O)NCCCC(c1ccc(F)cc1)c1ccc(F)cc1. The van der Waals surface area contributed by atoms with Gasteiger partial charge < -0.3 is 10.1 Å². The molecular formula is C31H34F2N2O3. The minimum absolute atomic E-state index is 0.0760. The van der Waals surface area contributed by atoms with Gasteiger partial charge >= 0.3 is 6.09 Å². The van der Waals surface area contributed by atoms with E-state index < -0.39 is 17.7 Å². The Hall–Kier alpha value is -3.74. The molecule has 3 aromatic carbocycles. The number of fused-ring (bicyclic) bond motifs is 1. The number of carbonyl (C=O) groups excluding carboxylic acids is 2. The van der Waals surface area contributed by atoms with Crippen molar-refractivity contribution in [3.63, 3.8) is 0 Å². The molecule has 5 nitrogen and oxygen atoms in total. The zero-order valence-electron chi connectivity index (χ0n) is 22.0. The predicted octanol–water partition coefficient (Wildman–Crippen LogP) is 6.36. The number of hydrogen-bond acceptors (Lipinski definition) is 3. The Labute approximate surface area is 222 Å². The molecule has 200 valence electrons. The second-order valence-corrected chi connectivity index (χ2v) is 10.7. The normalized spacial score (nSPS) is 15.2. The predicted molar refractivity (Wildman–Crippen MR) is 143 cm³/mol. The van der Waals surface area contributed by atoms with Crippen molar-refractivity contribution in [3.05, 3.63) is 107 Å². The first-order valence-electron chi connectivity index (χ1n) is 13.0. The van der Waals surface area contributed by atoms with Gasteiger partial charge in [-0.1, -0.05) is 48.5 Å². The summed E-state index contributed by atoms with van der Waals surface area (Å²) in [7, 11) is 0. The third-order valence-corrected chi connectivity index (χ3v) is 6.69. The lowest BCUT2D eigenvalue weighted by Gasteiger charge is -2.36. The average molecular weight is 521 g/mol. The number of ether oxygens (including phenoxy) is 1. The molecule has 0 fully saturated rings. The zero-order chi connectivity index (χ0) is 27.3. The van der Waals surface area contributed by atoms with Gasteiger partial charge in [0.2, 0.25) is 5.91 Å². The van der Waals surface area contributed by atoms with Crippen molar-refractivity contribution >= 4 is 12.0 Å². The van der Waals surface area contributed by atoms with Crippen molar-refractivity contribution in [3.8, 4) is 0 Å². The van der Waals surface area contributed by atoms with Crippen LogP contribution in [0.2, 0.25) is 0 Å². The molecule has 1 heterocycles. The third kappa shape index (κ3) is 6.97. The highest BCUT2D eigenvalue weighted by molar-refractivity contribution is 5.86. The van der Waals surface area contributed by atoms with Crippen molar-refractivity contribution in [1.29, 1.82) is 0 Å².